The molecule has 2 aromatic rings. The Balaban J connectivity index is 1.73. The van der Waals surface area contributed by atoms with Crippen molar-refractivity contribution in [3.05, 3.63) is 24.3 Å². The van der Waals surface area contributed by atoms with Gasteiger partial charge < -0.3 is 5.32 Å². The minimum atomic E-state index is 0.868. The topological polar surface area (TPSA) is 24.9 Å². The second kappa shape index (κ2) is 6.74. The Kier molecular flexibility index (Phi) is 5.00. The summed E-state index contributed by atoms with van der Waals surface area (Å²) < 4.78 is 1.26. The Labute approximate surface area is 113 Å². The maximum Gasteiger partial charge on any atom is 0.183 e. The van der Waals surface area contributed by atoms with Crippen LogP contribution in [0.15, 0.2) is 24.3 Å². The molecule has 1 atom stereocenters. The number of benzene rings is 1. The SMILES string of the molecule is CCC(C)CCCCNc1nc2ccccc2s1. The van der Waals surface area contributed by atoms with Gasteiger partial charge in [-0.1, -0.05) is 56.6 Å². The highest BCUT2D eigenvalue weighted by atomic mass is 32.1. The summed E-state index contributed by atoms with van der Waals surface area (Å²) >= 11 is 1.74. The van der Waals surface area contributed by atoms with E-state index in [2.05, 4.69) is 42.3 Å². The molecular formula is C15H22N2S. The van der Waals surface area contributed by atoms with Gasteiger partial charge in [0.1, 0.15) is 0 Å². The van der Waals surface area contributed by atoms with Crippen LogP contribution in [0.4, 0.5) is 5.13 Å². The quantitative estimate of drug-likeness (QED) is 0.716. The highest BCUT2D eigenvalue weighted by Gasteiger charge is 2.02. The van der Waals surface area contributed by atoms with E-state index >= 15 is 0 Å². The zero-order valence-corrected chi connectivity index (χ0v) is 12.1. The normalized spacial score (nSPS) is 12.8. The van der Waals surface area contributed by atoms with Gasteiger partial charge >= 0.3 is 0 Å². The average Bonchev–Trinajstić information content (AvgIpc) is 2.80. The molecule has 0 fully saturated rings. The van der Waals surface area contributed by atoms with Gasteiger partial charge in [-0.05, 0) is 24.5 Å². The van der Waals surface area contributed by atoms with Crippen LogP contribution in [-0.4, -0.2) is 11.5 Å². The van der Waals surface area contributed by atoms with Gasteiger partial charge in [0.25, 0.3) is 0 Å². The first kappa shape index (κ1) is 13.3. The molecule has 1 aromatic heterocycles. The Morgan fingerprint density at radius 3 is 2.89 bits per heavy atom. The van der Waals surface area contributed by atoms with Gasteiger partial charge in [-0.25, -0.2) is 4.98 Å². The van der Waals surface area contributed by atoms with Gasteiger partial charge in [0, 0.05) is 6.54 Å². The number of hydrogen-bond acceptors (Lipinski definition) is 3. The number of para-hydroxylation sites is 1. The number of thiazole rings is 1. The molecule has 18 heavy (non-hydrogen) atoms. The first-order chi connectivity index (χ1) is 8.79. The van der Waals surface area contributed by atoms with Crippen LogP contribution in [-0.2, 0) is 0 Å². The molecule has 3 heteroatoms. The number of unbranched alkanes of at least 4 members (excludes halogenated alkanes) is 1. The van der Waals surface area contributed by atoms with E-state index in [0.717, 1.165) is 23.1 Å². The minimum absolute atomic E-state index is 0.868. The molecular weight excluding hydrogens is 240 g/mol. The number of hydrogen-bond donors (Lipinski definition) is 1. The number of aromatic nitrogens is 1. The number of fused-ring (bicyclic) bond motifs is 1. The molecule has 1 aromatic carbocycles. The zero-order valence-electron chi connectivity index (χ0n) is 11.3. The standard InChI is InChI=1S/C15H22N2S/c1-3-12(2)8-6-7-11-16-15-17-13-9-4-5-10-14(13)18-15/h4-5,9-10,12H,3,6-8,11H2,1-2H3,(H,16,17). The average molecular weight is 262 g/mol. The smallest absolute Gasteiger partial charge is 0.183 e. The van der Waals surface area contributed by atoms with Crippen molar-refractivity contribution in [2.45, 2.75) is 39.5 Å². The van der Waals surface area contributed by atoms with Crippen LogP contribution in [0.25, 0.3) is 10.2 Å². The van der Waals surface area contributed by atoms with Crippen molar-refractivity contribution in [3.8, 4) is 0 Å². The molecule has 2 rings (SSSR count). The Bertz CT molecular complexity index is 445. The van der Waals surface area contributed by atoms with Crippen LogP contribution in [0.3, 0.4) is 0 Å². The van der Waals surface area contributed by atoms with Crippen LogP contribution >= 0.6 is 11.3 Å². The predicted octanol–water partition coefficient (Wildman–Crippen LogP) is 4.92. The van der Waals surface area contributed by atoms with Crippen LogP contribution in [0.1, 0.15) is 39.5 Å². The first-order valence-electron chi connectivity index (χ1n) is 6.89. The van der Waals surface area contributed by atoms with Crippen molar-refractivity contribution in [2.75, 3.05) is 11.9 Å². The molecule has 0 amide bonds. The van der Waals surface area contributed by atoms with Crippen molar-refractivity contribution in [1.82, 2.24) is 4.98 Å². The molecule has 1 N–H and O–H groups in total. The van der Waals surface area contributed by atoms with E-state index < -0.39 is 0 Å². The van der Waals surface area contributed by atoms with E-state index in [1.54, 1.807) is 11.3 Å². The third kappa shape index (κ3) is 3.70. The molecule has 0 radical (unpaired) electrons. The molecule has 2 nitrogen and oxygen atoms in total. The Hall–Kier alpha value is -1.09. The number of nitrogens with one attached hydrogen (secondary N) is 1. The van der Waals surface area contributed by atoms with Gasteiger partial charge in [0.05, 0.1) is 10.2 Å². The lowest BCUT2D eigenvalue weighted by atomic mass is 10.0. The summed E-state index contributed by atoms with van der Waals surface area (Å²) in [6, 6.07) is 8.30. The summed E-state index contributed by atoms with van der Waals surface area (Å²) in [6.07, 6.45) is 5.19. The maximum atomic E-state index is 4.57. The van der Waals surface area contributed by atoms with E-state index in [9.17, 15) is 0 Å². The highest BCUT2D eigenvalue weighted by molar-refractivity contribution is 7.22. The number of anilines is 1. The molecule has 0 saturated heterocycles. The summed E-state index contributed by atoms with van der Waals surface area (Å²) in [5.41, 5.74) is 1.10. The van der Waals surface area contributed by atoms with Gasteiger partial charge in [-0.2, -0.15) is 0 Å². The third-order valence-electron chi connectivity index (χ3n) is 3.39. The Morgan fingerprint density at radius 2 is 2.11 bits per heavy atom. The van der Waals surface area contributed by atoms with E-state index in [1.807, 2.05) is 6.07 Å². The minimum Gasteiger partial charge on any atom is -0.361 e. The van der Waals surface area contributed by atoms with Crippen LogP contribution in [0.2, 0.25) is 0 Å². The van der Waals surface area contributed by atoms with E-state index in [0.29, 0.717) is 0 Å². The molecule has 0 aliphatic heterocycles. The van der Waals surface area contributed by atoms with Crippen molar-refractivity contribution in [2.24, 2.45) is 5.92 Å². The molecule has 0 bridgehead atoms. The third-order valence-corrected chi connectivity index (χ3v) is 4.38. The summed E-state index contributed by atoms with van der Waals surface area (Å²) in [6.45, 7) is 5.64. The molecule has 0 aliphatic carbocycles. The summed E-state index contributed by atoms with van der Waals surface area (Å²) in [4.78, 5) is 4.57. The summed E-state index contributed by atoms with van der Waals surface area (Å²) in [5.74, 6) is 0.868. The van der Waals surface area contributed by atoms with Crippen LogP contribution in [0.5, 0.6) is 0 Å². The lowest BCUT2D eigenvalue weighted by molar-refractivity contribution is 0.489. The first-order valence-corrected chi connectivity index (χ1v) is 7.70. The van der Waals surface area contributed by atoms with E-state index in [1.165, 1.54) is 30.4 Å². The fourth-order valence-corrected chi connectivity index (χ4v) is 2.86. The van der Waals surface area contributed by atoms with Crippen molar-refractivity contribution in [1.29, 1.82) is 0 Å². The molecule has 0 aliphatic rings. The lowest BCUT2D eigenvalue weighted by Gasteiger charge is -2.07. The molecule has 98 valence electrons. The number of nitrogens with zero attached hydrogens (tertiary/aromatic N) is 1. The molecule has 0 spiro atoms. The summed E-state index contributed by atoms with van der Waals surface area (Å²) in [5, 5.41) is 4.49. The molecule has 1 heterocycles. The summed E-state index contributed by atoms with van der Waals surface area (Å²) in [7, 11) is 0. The van der Waals surface area contributed by atoms with Gasteiger partial charge in [-0.15, -0.1) is 0 Å². The van der Waals surface area contributed by atoms with Gasteiger partial charge in [-0.3, -0.25) is 0 Å². The van der Waals surface area contributed by atoms with Crippen molar-refractivity contribution in [3.63, 3.8) is 0 Å². The fourth-order valence-electron chi connectivity index (χ4n) is 1.97. The van der Waals surface area contributed by atoms with Crippen LogP contribution < -0.4 is 5.32 Å². The predicted molar refractivity (Wildman–Crippen MR) is 81.4 cm³/mol. The molecule has 0 saturated carbocycles. The second-order valence-electron chi connectivity index (χ2n) is 4.92. The highest BCUT2D eigenvalue weighted by Crippen LogP contribution is 2.25. The zero-order chi connectivity index (χ0) is 12.8. The molecule has 1 unspecified atom stereocenters. The largest absolute Gasteiger partial charge is 0.361 e. The van der Waals surface area contributed by atoms with E-state index in [4.69, 9.17) is 0 Å². The van der Waals surface area contributed by atoms with Crippen LogP contribution in [0, 0.1) is 5.92 Å². The second-order valence-corrected chi connectivity index (χ2v) is 5.95. The Morgan fingerprint density at radius 1 is 1.28 bits per heavy atom. The maximum absolute atomic E-state index is 4.57. The van der Waals surface area contributed by atoms with Gasteiger partial charge in [0.15, 0.2) is 5.13 Å². The van der Waals surface area contributed by atoms with Crippen molar-refractivity contribution < 1.29 is 0 Å². The number of rotatable bonds is 7. The van der Waals surface area contributed by atoms with Crippen molar-refractivity contribution >= 4 is 26.7 Å². The fraction of sp³-hybridized carbons (Fsp3) is 0.533. The van der Waals surface area contributed by atoms with Gasteiger partial charge in [0.2, 0.25) is 0 Å². The monoisotopic (exact) mass is 262 g/mol. The lowest BCUT2D eigenvalue weighted by Crippen LogP contribution is -2.02. The van der Waals surface area contributed by atoms with E-state index in [-0.39, 0.29) is 0 Å².